The first kappa shape index (κ1) is 23.8. The average molecular weight is 456 g/mol. The second-order valence-electron chi connectivity index (χ2n) is 6.66. The van der Waals surface area contributed by atoms with Crippen molar-refractivity contribution in [1.29, 1.82) is 0 Å². The minimum absolute atomic E-state index is 0.0221. The number of anilines is 1. The van der Waals surface area contributed by atoms with Gasteiger partial charge in [0.2, 0.25) is 21.8 Å². The zero-order chi connectivity index (χ0) is 22.3. The van der Waals surface area contributed by atoms with Crippen LogP contribution in [-0.4, -0.2) is 56.6 Å². The molecule has 0 radical (unpaired) electrons. The maximum absolute atomic E-state index is 13.0. The molecule has 0 saturated heterocycles. The molecular weight excluding hydrogens is 433 g/mol. The lowest BCUT2D eigenvalue weighted by Crippen LogP contribution is -2.35. The van der Waals surface area contributed by atoms with Crippen molar-refractivity contribution in [1.82, 2.24) is 9.21 Å². The van der Waals surface area contributed by atoms with Crippen molar-refractivity contribution < 1.29 is 22.4 Å². The van der Waals surface area contributed by atoms with E-state index in [1.54, 1.807) is 24.3 Å². The number of nitrogens with one attached hydrogen (secondary N) is 1. The van der Waals surface area contributed by atoms with Crippen LogP contribution in [0.1, 0.15) is 12.8 Å². The maximum atomic E-state index is 13.0. The zero-order valence-electron chi connectivity index (χ0n) is 16.6. The van der Waals surface area contributed by atoms with E-state index in [4.69, 9.17) is 11.6 Å². The molecule has 0 aliphatic heterocycles. The summed E-state index contributed by atoms with van der Waals surface area (Å²) >= 11 is 5.99. The molecule has 0 unspecified atom stereocenters. The minimum atomic E-state index is -3.77. The molecule has 0 aromatic heterocycles. The summed E-state index contributed by atoms with van der Waals surface area (Å²) in [7, 11) is -0.880. The third kappa shape index (κ3) is 6.51. The zero-order valence-corrected chi connectivity index (χ0v) is 18.2. The van der Waals surface area contributed by atoms with Gasteiger partial charge in [-0.05, 0) is 42.8 Å². The summed E-state index contributed by atoms with van der Waals surface area (Å²) in [5.74, 6) is -1.21. The summed E-state index contributed by atoms with van der Waals surface area (Å²) < 4.78 is 39.0. The summed E-state index contributed by atoms with van der Waals surface area (Å²) in [6, 6.07) is 11.3. The number of likely N-dealkylation sites (N-methyl/N-ethyl adjacent to an activating group) is 1. The Kier molecular flexibility index (Phi) is 8.33. The van der Waals surface area contributed by atoms with Gasteiger partial charge >= 0.3 is 0 Å². The monoisotopic (exact) mass is 455 g/mol. The Morgan fingerprint density at radius 2 is 1.70 bits per heavy atom. The Hall–Kier alpha value is -2.49. The first-order valence-corrected chi connectivity index (χ1v) is 10.9. The first-order chi connectivity index (χ1) is 14.1. The number of hydrogen-bond donors (Lipinski definition) is 1. The predicted molar refractivity (Wildman–Crippen MR) is 113 cm³/mol. The Balaban J connectivity index is 1.81. The molecule has 0 heterocycles. The molecule has 0 aliphatic carbocycles. The van der Waals surface area contributed by atoms with Crippen LogP contribution in [0.3, 0.4) is 0 Å². The number of halogens is 2. The Morgan fingerprint density at radius 3 is 2.33 bits per heavy atom. The van der Waals surface area contributed by atoms with Crippen LogP contribution in [0, 0.1) is 5.82 Å². The molecule has 2 rings (SSSR count). The molecule has 0 aliphatic rings. The number of benzene rings is 2. The van der Waals surface area contributed by atoms with Gasteiger partial charge in [-0.2, -0.15) is 0 Å². The third-order valence-corrected chi connectivity index (χ3v) is 6.54. The quantitative estimate of drug-likeness (QED) is 0.629. The van der Waals surface area contributed by atoms with Gasteiger partial charge in [0.05, 0.1) is 22.2 Å². The fraction of sp³-hybridized carbons (Fsp3) is 0.300. The molecule has 10 heteroatoms. The highest BCUT2D eigenvalue weighted by molar-refractivity contribution is 7.89. The number of rotatable bonds is 9. The van der Waals surface area contributed by atoms with E-state index < -0.39 is 21.7 Å². The molecule has 1 N–H and O–H groups in total. The van der Waals surface area contributed by atoms with Crippen molar-refractivity contribution in [2.45, 2.75) is 17.7 Å². The van der Waals surface area contributed by atoms with Crippen molar-refractivity contribution in [3.63, 3.8) is 0 Å². The topological polar surface area (TPSA) is 86.8 Å². The van der Waals surface area contributed by atoms with Crippen LogP contribution in [-0.2, 0) is 19.6 Å². The predicted octanol–water partition coefficient (Wildman–Crippen LogP) is 2.98. The molecule has 0 fully saturated rings. The SMILES string of the molecule is CN(CC(=O)Nc1ccccc1Cl)C(=O)CCCN(C)S(=O)(=O)c1ccc(F)cc1. The summed E-state index contributed by atoms with van der Waals surface area (Å²) in [5.41, 5.74) is 0.456. The molecule has 0 saturated carbocycles. The Bertz CT molecular complexity index is 999. The highest BCUT2D eigenvalue weighted by atomic mass is 35.5. The standard InChI is InChI=1S/C20H23ClFN3O4S/c1-24(14-19(26)23-18-7-4-3-6-17(18)21)20(27)8-5-13-25(2)30(28,29)16-11-9-15(22)10-12-16/h3-4,6-7,9-12H,5,8,13-14H2,1-2H3,(H,23,26). The van der Waals surface area contributed by atoms with Crippen molar-refractivity contribution in [2.75, 3.05) is 32.5 Å². The van der Waals surface area contributed by atoms with E-state index in [0.717, 1.165) is 16.4 Å². The number of nitrogens with zero attached hydrogens (tertiary/aromatic N) is 2. The van der Waals surface area contributed by atoms with E-state index >= 15 is 0 Å². The van der Waals surface area contributed by atoms with Crippen LogP contribution in [0.4, 0.5) is 10.1 Å². The molecule has 0 bridgehead atoms. The second kappa shape index (κ2) is 10.5. The lowest BCUT2D eigenvalue weighted by molar-refractivity contribution is -0.133. The maximum Gasteiger partial charge on any atom is 0.244 e. The van der Waals surface area contributed by atoms with Crippen LogP contribution in [0.2, 0.25) is 5.02 Å². The number of carbonyl (C=O) groups is 2. The number of carbonyl (C=O) groups excluding carboxylic acids is 2. The van der Waals surface area contributed by atoms with Crippen LogP contribution >= 0.6 is 11.6 Å². The van der Waals surface area contributed by atoms with E-state index in [1.807, 2.05) is 0 Å². The van der Waals surface area contributed by atoms with Gasteiger partial charge < -0.3 is 10.2 Å². The molecule has 2 aromatic rings. The largest absolute Gasteiger partial charge is 0.336 e. The van der Waals surface area contributed by atoms with E-state index in [2.05, 4.69) is 5.32 Å². The second-order valence-corrected chi connectivity index (χ2v) is 9.11. The number of para-hydroxylation sites is 1. The van der Waals surface area contributed by atoms with Crippen LogP contribution < -0.4 is 5.32 Å². The van der Waals surface area contributed by atoms with E-state index in [0.29, 0.717) is 10.7 Å². The smallest absolute Gasteiger partial charge is 0.244 e. The van der Waals surface area contributed by atoms with E-state index in [-0.39, 0.29) is 36.7 Å². The fourth-order valence-corrected chi connectivity index (χ4v) is 4.00. The number of amides is 2. The van der Waals surface area contributed by atoms with Crippen LogP contribution in [0.5, 0.6) is 0 Å². The minimum Gasteiger partial charge on any atom is -0.336 e. The molecular formula is C20H23ClFN3O4S. The highest BCUT2D eigenvalue weighted by Crippen LogP contribution is 2.20. The number of sulfonamides is 1. The Labute approximate surface area is 180 Å². The Morgan fingerprint density at radius 1 is 1.07 bits per heavy atom. The third-order valence-electron chi connectivity index (χ3n) is 4.34. The molecule has 0 atom stereocenters. The average Bonchev–Trinajstić information content (AvgIpc) is 2.69. The summed E-state index contributed by atoms with van der Waals surface area (Å²) in [5, 5.41) is 3.03. The molecule has 30 heavy (non-hydrogen) atoms. The van der Waals surface area contributed by atoms with Gasteiger partial charge in [-0.3, -0.25) is 9.59 Å². The van der Waals surface area contributed by atoms with Gasteiger partial charge in [-0.1, -0.05) is 23.7 Å². The van der Waals surface area contributed by atoms with Gasteiger partial charge in [0.15, 0.2) is 0 Å². The van der Waals surface area contributed by atoms with Gasteiger partial charge in [0, 0.05) is 27.1 Å². The van der Waals surface area contributed by atoms with Crippen LogP contribution in [0.25, 0.3) is 0 Å². The molecule has 162 valence electrons. The van der Waals surface area contributed by atoms with Crippen molar-refractivity contribution in [3.05, 3.63) is 59.4 Å². The molecule has 0 spiro atoms. The number of hydrogen-bond acceptors (Lipinski definition) is 4. The van der Waals surface area contributed by atoms with Crippen molar-refractivity contribution >= 4 is 39.1 Å². The van der Waals surface area contributed by atoms with Gasteiger partial charge in [0.1, 0.15) is 5.82 Å². The first-order valence-electron chi connectivity index (χ1n) is 9.11. The summed E-state index contributed by atoms with van der Waals surface area (Å²) in [4.78, 5) is 25.6. The molecule has 2 amide bonds. The van der Waals surface area contributed by atoms with Gasteiger partial charge in [0.25, 0.3) is 0 Å². The van der Waals surface area contributed by atoms with Crippen LogP contribution in [0.15, 0.2) is 53.4 Å². The summed E-state index contributed by atoms with van der Waals surface area (Å²) in [6.45, 7) is -0.0567. The fourth-order valence-electron chi connectivity index (χ4n) is 2.61. The lowest BCUT2D eigenvalue weighted by atomic mass is 10.2. The van der Waals surface area contributed by atoms with Crippen molar-refractivity contribution in [2.24, 2.45) is 0 Å². The van der Waals surface area contributed by atoms with Crippen molar-refractivity contribution in [3.8, 4) is 0 Å². The lowest BCUT2D eigenvalue weighted by Gasteiger charge is -2.19. The van der Waals surface area contributed by atoms with E-state index in [1.165, 1.54) is 31.1 Å². The van der Waals surface area contributed by atoms with Gasteiger partial charge in [-0.15, -0.1) is 0 Å². The highest BCUT2D eigenvalue weighted by Gasteiger charge is 2.21. The molecule has 7 nitrogen and oxygen atoms in total. The van der Waals surface area contributed by atoms with E-state index in [9.17, 15) is 22.4 Å². The molecule has 2 aromatic carbocycles. The summed E-state index contributed by atoms with van der Waals surface area (Å²) in [6.07, 6.45) is 0.339. The normalized spacial score (nSPS) is 11.4. The van der Waals surface area contributed by atoms with Gasteiger partial charge in [-0.25, -0.2) is 17.1 Å².